The van der Waals surface area contributed by atoms with Crippen molar-refractivity contribution in [3.8, 4) is 0 Å². The average molecular weight is 233 g/mol. The van der Waals surface area contributed by atoms with Gasteiger partial charge in [0, 0.05) is 13.5 Å². The number of nitrogens with zero attached hydrogens (tertiary/aromatic N) is 1. The molecule has 1 N–H and O–H groups in total. The van der Waals surface area contributed by atoms with Crippen LogP contribution in [0.15, 0.2) is 30.3 Å². The SMILES string of the molecule is CC(=O)N1CCCC1(CO)Cc1ccccc1. The monoisotopic (exact) mass is 233 g/mol. The quantitative estimate of drug-likeness (QED) is 0.861. The third-order valence-corrected chi connectivity index (χ3v) is 3.65. The Morgan fingerprint density at radius 2 is 2.12 bits per heavy atom. The van der Waals surface area contributed by atoms with E-state index in [1.165, 1.54) is 5.56 Å². The Labute approximate surface area is 102 Å². The highest BCUT2D eigenvalue weighted by Gasteiger charge is 2.41. The number of carbonyl (C=O) groups is 1. The zero-order chi connectivity index (χ0) is 12.3. The van der Waals surface area contributed by atoms with Crippen LogP contribution in [0.3, 0.4) is 0 Å². The Kier molecular flexibility index (Phi) is 3.48. The van der Waals surface area contributed by atoms with Crippen LogP contribution in [0.5, 0.6) is 0 Å². The topological polar surface area (TPSA) is 40.5 Å². The lowest BCUT2D eigenvalue weighted by Gasteiger charge is -2.36. The fourth-order valence-electron chi connectivity index (χ4n) is 2.81. The summed E-state index contributed by atoms with van der Waals surface area (Å²) in [5.41, 5.74) is 0.794. The molecule has 1 unspecified atom stereocenters. The summed E-state index contributed by atoms with van der Waals surface area (Å²) < 4.78 is 0. The smallest absolute Gasteiger partial charge is 0.219 e. The summed E-state index contributed by atoms with van der Waals surface area (Å²) in [7, 11) is 0. The minimum Gasteiger partial charge on any atom is -0.394 e. The van der Waals surface area contributed by atoms with E-state index >= 15 is 0 Å². The lowest BCUT2D eigenvalue weighted by Crippen LogP contribution is -2.50. The maximum absolute atomic E-state index is 11.6. The van der Waals surface area contributed by atoms with Crippen molar-refractivity contribution in [3.63, 3.8) is 0 Å². The molecule has 0 bridgehead atoms. The highest BCUT2D eigenvalue weighted by Crippen LogP contribution is 2.32. The van der Waals surface area contributed by atoms with E-state index in [2.05, 4.69) is 0 Å². The van der Waals surface area contributed by atoms with Crippen LogP contribution in [0.4, 0.5) is 0 Å². The molecule has 1 amide bonds. The Hall–Kier alpha value is -1.35. The Morgan fingerprint density at radius 1 is 1.41 bits per heavy atom. The number of hydrogen-bond acceptors (Lipinski definition) is 2. The highest BCUT2D eigenvalue weighted by molar-refractivity contribution is 5.74. The minimum atomic E-state index is -0.382. The van der Waals surface area contributed by atoms with Gasteiger partial charge in [-0.25, -0.2) is 0 Å². The van der Waals surface area contributed by atoms with Gasteiger partial charge in [0.25, 0.3) is 0 Å². The zero-order valence-corrected chi connectivity index (χ0v) is 10.2. The molecular formula is C14H19NO2. The first-order chi connectivity index (χ1) is 8.18. The fraction of sp³-hybridized carbons (Fsp3) is 0.500. The summed E-state index contributed by atoms with van der Waals surface area (Å²) in [6.07, 6.45) is 2.61. The van der Waals surface area contributed by atoms with E-state index in [1.54, 1.807) is 6.92 Å². The van der Waals surface area contributed by atoms with Gasteiger partial charge in [-0.15, -0.1) is 0 Å². The summed E-state index contributed by atoms with van der Waals surface area (Å²) in [6, 6.07) is 10.1. The minimum absolute atomic E-state index is 0.0431. The molecule has 0 spiro atoms. The van der Waals surface area contributed by atoms with Crippen LogP contribution in [0.2, 0.25) is 0 Å². The lowest BCUT2D eigenvalue weighted by molar-refractivity contribution is -0.134. The van der Waals surface area contributed by atoms with Gasteiger partial charge in [0.1, 0.15) is 0 Å². The second-order valence-electron chi connectivity index (χ2n) is 4.82. The second-order valence-corrected chi connectivity index (χ2v) is 4.82. The third kappa shape index (κ3) is 2.34. The van der Waals surface area contributed by atoms with Gasteiger partial charge in [-0.3, -0.25) is 4.79 Å². The van der Waals surface area contributed by atoms with Crippen LogP contribution in [-0.2, 0) is 11.2 Å². The predicted octanol–water partition coefficient (Wildman–Crippen LogP) is 1.60. The van der Waals surface area contributed by atoms with E-state index in [0.29, 0.717) is 0 Å². The highest BCUT2D eigenvalue weighted by atomic mass is 16.3. The molecule has 1 saturated heterocycles. The molecule has 3 nitrogen and oxygen atoms in total. The van der Waals surface area contributed by atoms with Gasteiger partial charge in [0.05, 0.1) is 12.1 Å². The first kappa shape index (κ1) is 12.1. The lowest BCUT2D eigenvalue weighted by atomic mass is 9.89. The van der Waals surface area contributed by atoms with Crippen LogP contribution < -0.4 is 0 Å². The summed E-state index contributed by atoms with van der Waals surface area (Å²) in [5, 5.41) is 9.70. The van der Waals surface area contributed by atoms with Gasteiger partial charge < -0.3 is 10.0 Å². The number of hydrogen-bond donors (Lipinski definition) is 1. The molecule has 92 valence electrons. The van der Waals surface area contributed by atoms with Gasteiger partial charge in [-0.05, 0) is 24.8 Å². The number of rotatable bonds is 3. The molecule has 3 heteroatoms. The van der Waals surface area contributed by atoms with Gasteiger partial charge in [0.2, 0.25) is 5.91 Å². The van der Waals surface area contributed by atoms with Gasteiger partial charge in [-0.2, -0.15) is 0 Å². The molecule has 1 aliphatic heterocycles. The van der Waals surface area contributed by atoms with E-state index in [-0.39, 0.29) is 18.1 Å². The van der Waals surface area contributed by atoms with Crippen molar-refractivity contribution < 1.29 is 9.90 Å². The van der Waals surface area contributed by atoms with Crippen molar-refractivity contribution in [2.75, 3.05) is 13.2 Å². The molecule has 17 heavy (non-hydrogen) atoms. The van der Waals surface area contributed by atoms with Crippen molar-refractivity contribution in [2.24, 2.45) is 0 Å². The molecule has 1 heterocycles. The number of aliphatic hydroxyl groups is 1. The summed E-state index contributed by atoms with van der Waals surface area (Å²) in [4.78, 5) is 13.5. The number of benzene rings is 1. The second kappa shape index (κ2) is 4.88. The molecular weight excluding hydrogens is 214 g/mol. The van der Waals surface area contributed by atoms with E-state index in [4.69, 9.17) is 0 Å². The van der Waals surface area contributed by atoms with E-state index in [1.807, 2.05) is 35.2 Å². The molecule has 0 radical (unpaired) electrons. The molecule has 0 aliphatic carbocycles. The summed E-state index contributed by atoms with van der Waals surface area (Å²) >= 11 is 0. The number of likely N-dealkylation sites (tertiary alicyclic amines) is 1. The number of carbonyl (C=O) groups excluding carboxylic acids is 1. The predicted molar refractivity (Wildman–Crippen MR) is 66.6 cm³/mol. The first-order valence-corrected chi connectivity index (χ1v) is 6.11. The Bertz CT molecular complexity index is 390. The number of aliphatic hydroxyl groups excluding tert-OH is 1. The van der Waals surface area contributed by atoms with Crippen LogP contribution in [0, 0.1) is 0 Å². The molecule has 2 rings (SSSR count). The van der Waals surface area contributed by atoms with Crippen molar-refractivity contribution in [1.29, 1.82) is 0 Å². The zero-order valence-electron chi connectivity index (χ0n) is 10.2. The third-order valence-electron chi connectivity index (χ3n) is 3.65. The number of amides is 1. The van der Waals surface area contributed by atoms with Crippen molar-refractivity contribution in [3.05, 3.63) is 35.9 Å². The van der Waals surface area contributed by atoms with Crippen molar-refractivity contribution in [2.45, 2.75) is 31.7 Å². The van der Waals surface area contributed by atoms with Crippen molar-refractivity contribution >= 4 is 5.91 Å². The van der Waals surface area contributed by atoms with Crippen LogP contribution in [-0.4, -0.2) is 34.6 Å². The molecule has 0 aromatic heterocycles. The molecule has 1 aliphatic rings. The van der Waals surface area contributed by atoms with E-state index in [0.717, 1.165) is 25.8 Å². The molecule has 0 saturated carbocycles. The van der Waals surface area contributed by atoms with Gasteiger partial charge >= 0.3 is 0 Å². The van der Waals surface area contributed by atoms with E-state index in [9.17, 15) is 9.90 Å². The normalized spacial score (nSPS) is 24.0. The summed E-state index contributed by atoms with van der Waals surface area (Å²) in [5.74, 6) is 0.0625. The molecule has 1 atom stereocenters. The molecule has 1 fully saturated rings. The largest absolute Gasteiger partial charge is 0.394 e. The van der Waals surface area contributed by atoms with Crippen LogP contribution in [0.1, 0.15) is 25.3 Å². The Balaban J connectivity index is 2.22. The standard InChI is InChI=1S/C14H19NO2/c1-12(17)15-9-5-8-14(15,11-16)10-13-6-3-2-4-7-13/h2-4,6-7,16H,5,8-11H2,1H3. The maximum atomic E-state index is 11.6. The first-order valence-electron chi connectivity index (χ1n) is 6.11. The fourth-order valence-corrected chi connectivity index (χ4v) is 2.81. The summed E-state index contributed by atoms with van der Waals surface area (Å²) in [6.45, 7) is 2.39. The van der Waals surface area contributed by atoms with Crippen molar-refractivity contribution in [1.82, 2.24) is 4.90 Å². The van der Waals surface area contributed by atoms with Gasteiger partial charge in [-0.1, -0.05) is 30.3 Å². The maximum Gasteiger partial charge on any atom is 0.219 e. The van der Waals surface area contributed by atoms with Crippen LogP contribution in [0.25, 0.3) is 0 Å². The molecule has 1 aromatic rings. The van der Waals surface area contributed by atoms with Gasteiger partial charge in [0.15, 0.2) is 0 Å². The molecule has 1 aromatic carbocycles. The Morgan fingerprint density at radius 3 is 2.71 bits per heavy atom. The van der Waals surface area contributed by atoms with Crippen LogP contribution >= 0.6 is 0 Å². The average Bonchev–Trinajstić information content (AvgIpc) is 2.75. The van der Waals surface area contributed by atoms with E-state index < -0.39 is 0 Å².